The summed E-state index contributed by atoms with van der Waals surface area (Å²) in [7, 11) is 1.64. The van der Waals surface area contributed by atoms with Gasteiger partial charge in [0.05, 0.1) is 13.0 Å². The molecule has 6 heteroatoms. The number of methoxy groups -OCH3 is 1. The maximum atomic E-state index is 12.9. The highest BCUT2D eigenvalue weighted by Gasteiger charge is 2.32. The van der Waals surface area contributed by atoms with E-state index >= 15 is 0 Å². The van der Waals surface area contributed by atoms with Crippen LogP contribution in [0.15, 0.2) is 42.6 Å². The Kier molecular flexibility index (Phi) is 4.65. The number of ether oxygens (including phenoxy) is 2. The van der Waals surface area contributed by atoms with Crippen LogP contribution in [-0.4, -0.2) is 55.7 Å². The Balaban J connectivity index is 1.38. The average molecular weight is 353 g/mol. The van der Waals surface area contributed by atoms with Crippen LogP contribution < -0.4 is 14.4 Å². The molecule has 3 heterocycles. The second kappa shape index (κ2) is 7.23. The molecule has 0 aliphatic carbocycles. The third-order valence-corrected chi connectivity index (χ3v) is 5.09. The van der Waals surface area contributed by atoms with Gasteiger partial charge in [-0.1, -0.05) is 18.2 Å². The van der Waals surface area contributed by atoms with Gasteiger partial charge in [0, 0.05) is 32.4 Å². The number of carbonyl (C=O) groups excluding carboxylic acids is 1. The van der Waals surface area contributed by atoms with Crippen LogP contribution in [-0.2, 0) is 11.2 Å². The van der Waals surface area contributed by atoms with Gasteiger partial charge in [0.25, 0.3) is 0 Å². The molecule has 1 aromatic heterocycles. The molecule has 0 saturated carbocycles. The SMILES string of the molecule is COc1cccc2c1OC[C@H](C(=O)N1CCN(c3ccccn3)CC1)C2. The summed E-state index contributed by atoms with van der Waals surface area (Å²) in [6.07, 6.45) is 2.50. The Morgan fingerprint density at radius 1 is 1.15 bits per heavy atom. The molecule has 0 radical (unpaired) electrons. The minimum atomic E-state index is -0.129. The smallest absolute Gasteiger partial charge is 0.229 e. The molecule has 1 fully saturated rings. The van der Waals surface area contributed by atoms with Crippen LogP contribution in [0.3, 0.4) is 0 Å². The monoisotopic (exact) mass is 353 g/mol. The predicted molar refractivity (Wildman–Crippen MR) is 98.7 cm³/mol. The average Bonchev–Trinajstić information content (AvgIpc) is 2.73. The molecule has 136 valence electrons. The van der Waals surface area contributed by atoms with Gasteiger partial charge in [-0.15, -0.1) is 0 Å². The molecule has 0 spiro atoms. The lowest BCUT2D eigenvalue weighted by Crippen LogP contribution is -2.51. The fourth-order valence-electron chi connectivity index (χ4n) is 3.67. The van der Waals surface area contributed by atoms with Crippen molar-refractivity contribution in [2.75, 3.05) is 44.8 Å². The van der Waals surface area contributed by atoms with Gasteiger partial charge in [-0.25, -0.2) is 4.98 Å². The first-order chi connectivity index (χ1) is 12.8. The zero-order valence-electron chi connectivity index (χ0n) is 14.9. The first-order valence-electron chi connectivity index (χ1n) is 8.99. The summed E-state index contributed by atoms with van der Waals surface area (Å²) in [5.41, 5.74) is 1.04. The number of para-hydroxylation sites is 1. The molecule has 0 bridgehead atoms. The van der Waals surface area contributed by atoms with E-state index in [9.17, 15) is 4.79 Å². The van der Waals surface area contributed by atoms with E-state index in [1.165, 1.54) is 0 Å². The van der Waals surface area contributed by atoms with Gasteiger partial charge in [-0.3, -0.25) is 4.79 Å². The fourth-order valence-corrected chi connectivity index (χ4v) is 3.67. The number of aromatic nitrogens is 1. The zero-order valence-corrected chi connectivity index (χ0v) is 14.9. The van der Waals surface area contributed by atoms with Crippen molar-refractivity contribution in [1.29, 1.82) is 0 Å². The fraction of sp³-hybridized carbons (Fsp3) is 0.400. The zero-order chi connectivity index (χ0) is 17.9. The Morgan fingerprint density at radius 3 is 2.73 bits per heavy atom. The Hall–Kier alpha value is -2.76. The molecular weight excluding hydrogens is 330 g/mol. The van der Waals surface area contributed by atoms with E-state index in [1.54, 1.807) is 13.3 Å². The minimum absolute atomic E-state index is 0.129. The molecule has 4 rings (SSSR count). The number of anilines is 1. The van der Waals surface area contributed by atoms with E-state index < -0.39 is 0 Å². The third kappa shape index (κ3) is 3.19. The summed E-state index contributed by atoms with van der Waals surface area (Å²) in [5, 5.41) is 0. The largest absolute Gasteiger partial charge is 0.493 e. The lowest BCUT2D eigenvalue weighted by atomic mass is 9.95. The molecule has 1 saturated heterocycles. The second-order valence-electron chi connectivity index (χ2n) is 6.66. The van der Waals surface area contributed by atoms with Crippen LogP contribution in [0.2, 0.25) is 0 Å². The van der Waals surface area contributed by atoms with E-state index in [4.69, 9.17) is 9.47 Å². The van der Waals surface area contributed by atoms with E-state index in [-0.39, 0.29) is 11.8 Å². The molecule has 0 N–H and O–H groups in total. The number of nitrogens with zero attached hydrogens (tertiary/aromatic N) is 3. The van der Waals surface area contributed by atoms with Crippen LogP contribution >= 0.6 is 0 Å². The van der Waals surface area contributed by atoms with Crippen LogP contribution in [0, 0.1) is 5.92 Å². The molecule has 1 amide bonds. The number of piperazine rings is 1. The van der Waals surface area contributed by atoms with Gasteiger partial charge in [0.2, 0.25) is 5.91 Å². The Bertz CT molecular complexity index is 773. The summed E-state index contributed by atoms with van der Waals surface area (Å²) in [5.74, 6) is 2.54. The molecule has 2 aliphatic heterocycles. The maximum absolute atomic E-state index is 12.9. The summed E-state index contributed by atoms with van der Waals surface area (Å²) in [6, 6.07) is 11.8. The number of hydrogen-bond acceptors (Lipinski definition) is 5. The van der Waals surface area contributed by atoms with Crippen molar-refractivity contribution in [2.24, 2.45) is 5.92 Å². The van der Waals surface area contributed by atoms with Crippen molar-refractivity contribution < 1.29 is 14.3 Å². The van der Waals surface area contributed by atoms with Gasteiger partial charge >= 0.3 is 0 Å². The summed E-state index contributed by atoms with van der Waals surface area (Å²) >= 11 is 0. The van der Waals surface area contributed by atoms with Crippen LogP contribution in [0.25, 0.3) is 0 Å². The van der Waals surface area contributed by atoms with Gasteiger partial charge in [-0.2, -0.15) is 0 Å². The van der Waals surface area contributed by atoms with Crippen LogP contribution in [0.4, 0.5) is 5.82 Å². The van der Waals surface area contributed by atoms with Gasteiger partial charge in [0.1, 0.15) is 12.4 Å². The van der Waals surface area contributed by atoms with Crippen molar-refractivity contribution in [2.45, 2.75) is 6.42 Å². The highest BCUT2D eigenvalue weighted by Crippen LogP contribution is 2.36. The molecule has 0 unspecified atom stereocenters. The lowest BCUT2D eigenvalue weighted by Gasteiger charge is -2.37. The topological polar surface area (TPSA) is 54.9 Å². The standard InChI is InChI=1S/C20H23N3O3/c1-25-17-6-4-5-15-13-16(14-26-19(15)17)20(24)23-11-9-22(10-12-23)18-7-2-3-8-21-18/h2-8,16H,9-14H2,1H3/t16-/m1/s1. The minimum Gasteiger partial charge on any atom is -0.493 e. The van der Waals surface area contributed by atoms with Crippen molar-refractivity contribution in [3.8, 4) is 11.5 Å². The molecule has 26 heavy (non-hydrogen) atoms. The summed E-state index contributed by atoms with van der Waals surface area (Å²) < 4.78 is 11.2. The van der Waals surface area contributed by atoms with Gasteiger partial charge in [-0.05, 0) is 30.2 Å². The number of amides is 1. The highest BCUT2D eigenvalue weighted by molar-refractivity contribution is 5.80. The number of benzene rings is 1. The van der Waals surface area contributed by atoms with E-state index in [1.807, 2.05) is 41.3 Å². The molecule has 2 aliphatic rings. The molecule has 2 aromatic rings. The summed E-state index contributed by atoms with van der Waals surface area (Å²) in [4.78, 5) is 21.5. The number of rotatable bonds is 3. The lowest BCUT2D eigenvalue weighted by molar-refractivity contribution is -0.137. The Labute approximate surface area is 153 Å². The highest BCUT2D eigenvalue weighted by atomic mass is 16.5. The van der Waals surface area contributed by atoms with Crippen molar-refractivity contribution in [3.05, 3.63) is 48.2 Å². The van der Waals surface area contributed by atoms with Crippen molar-refractivity contribution >= 4 is 11.7 Å². The molecule has 1 atom stereocenters. The molecule has 1 aromatic carbocycles. The van der Waals surface area contributed by atoms with Gasteiger partial charge in [0.15, 0.2) is 11.5 Å². The van der Waals surface area contributed by atoms with Crippen molar-refractivity contribution in [1.82, 2.24) is 9.88 Å². The van der Waals surface area contributed by atoms with E-state index in [0.717, 1.165) is 49.1 Å². The van der Waals surface area contributed by atoms with Crippen LogP contribution in [0.1, 0.15) is 5.56 Å². The number of hydrogen-bond donors (Lipinski definition) is 0. The first kappa shape index (κ1) is 16.7. The van der Waals surface area contributed by atoms with E-state index in [0.29, 0.717) is 13.0 Å². The normalized spacial score (nSPS) is 19.5. The van der Waals surface area contributed by atoms with Crippen LogP contribution in [0.5, 0.6) is 11.5 Å². The number of pyridine rings is 1. The second-order valence-corrected chi connectivity index (χ2v) is 6.66. The Morgan fingerprint density at radius 2 is 2.00 bits per heavy atom. The van der Waals surface area contributed by atoms with Gasteiger partial charge < -0.3 is 19.3 Å². The molecule has 6 nitrogen and oxygen atoms in total. The van der Waals surface area contributed by atoms with Crippen molar-refractivity contribution in [3.63, 3.8) is 0 Å². The number of fused-ring (bicyclic) bond motifs is 1. The third-order valence-electron chi connectivity index (χ3n) is 5.09. The summed E-state index contributed by atoms with van der Waals surface area (Å²) in [6.45, 7) is 3.46. The number of carbonyl (C=O) groups is 1. The first-order valence-corrected chi connectivity index (χ1v) is 8.99. The van der Waals surface area contributed by atoms with E-state index in [2.05, 4.69) is 9.88 Å². The molecular formula is C20H23N3O3. The predicted octanol–water partition coefficient (Wildman–Crippen LogP) is 1.99. The maximum Gasteiger partial charge on any atom is 0.229 e. The quantitative estimate of drug-likeness (QED) is 0.845.